The van der Waals surface area contributed by atoms with Crippen molar-refractivity contribution < 1.29 is 4.74 Å². The lowest BCUT2D eigenvalue weighted by atomic mass is 10.1. The second-order valence-electron chi connectivity index (χ2n) is 3.16. The number of anilines is 1. The Bertz CT molecular complexity index is 454. The highest BCUT2D eigenvalue weighted by Crippen LogP contribution is 2.33. The fourth-order valence-electron chi connectivity index (χ4n) is 1.54. The zero-order valence-electron chi connectivity index (χ0n) is 8.47. The second kappa shape index (κ2) is 4.00. The van der Waals surface area contributed by atoms with Crippen LogP contribution in [0.4, 0.5) is 5.69 Å². The minimum atomic E-state index is 0.645. The number of benzene rings is 1. The first-order chi connectivity index (χ1) is 7.33. The fraction of sp³-hybridized carbons (Fsp3) is 0.0833. The number of rotatable bonds is 2. The predicted octanol–water partition coefficient (Wildman–Crippen LogP) is 2.34. The van der Waals surface area contributed by atoms with Crippen LogP contribution in [0.3, 0.4) is 0 Å². The summed E-state index contributed by atoms with van der Waals surface area (Å²) in [5, 5.41) is 0. The van der Waals surface area contributed by atoms with Crippen LogP contribution in [0.15, 0.2) is 42.7 Å². The van der Waals surface area contributed by atoms with Crippen LogP contribution in [0.5, 0.6) is 5.75 Å². The molecule has 0 amide bonds. The quantitative estimate of drug-likeness (QED) is 0.757. The van der Waals surface area contributed by atoms with E-state index < -0.39 is 0 Å². The van der Waals surface area contributed by atoms with E-state index in [2.05, 4.69) is 4.98 Å². The SMILES string of the molecule is COc1c(N)cccc1-c1ccncc1. The lowest BCUT2D eigenvalue weighted by Gasteiger charge is -2.10. The maximum absolute atomic E-state index is 5.83. The van der Waals surface area contributed by atoms with E-state index in [1.807, 2.05) is 30.3 Å². The Kier molecular flexibility index (Phi) is 2.54. The van der Waals surface area contributed by atoms with Crippen LogP contribution < -0.4 is 10.5 Å². The van der Waals surface area contributed by atoms with Crippen LogP contribution in [0.1, 0.15) is 0 Å². The summed E-state index contributed by atoms with van der Waals surface area (Å²) in [6.45, 7) is 0. The van der Waals surface area contributed by atoms with E-state index in [4.69, 9.17) is 10.5 Å². The number of hydrogen-bond acceptors (Lipinski definition) is 3. The molecule has 0 unspecified atom stereocenters. The average Bonchev–Trinajstić information content (AvgIpc) is 2.30. The van der Waals surface area contributed by atoms with Crippen LogP contribution in [0.25, 0.3) is 11.1 Å². The van der Waals surface area contributed by atoms with Gasteiger partial charge in [0.1, 0.15) is 5.75 Å². The number of para-hydroxylation sites is 1. The minimum Gasteiger partial charge on any atom is -0.494 e. The number of aromatic nitrogens is 1. The third-order valence-corrected chi connectivity index (χ3v) is 2.24. The van der Waals surface area contributed by atoms with E-state index >= 15 is 0 Å². The second-order valence-corrected chi connectivity index (χ2v) is 3.16. The first-order valence-corrected chi connectivity index (χ1v) is 4.66. The molecule has 2 N–H and O–H groups in total. The van der Waals surface area contributed by atoms with Crippen LogP contribution in [-0.2, 0) is 0 Å². The van der Waals surface area contributed by atoms with E-state index in [-0.39, 0.29) is 0 Å². The summed E-state index contributed by atoms with van der Waals surface area (Å²) in [4.78, 5) is 3.98. The van der Waals surface area contributed by atoms with E-state index in [1.165, 1.54) is 0 Å². The van der Waals surface area contributed by atoms with Crippen LogP contribution in [0.2, 0.25) is 0 Å². The van der Waals surface area contributed by atoms with Crippen molar-refractivity contribution in [1.29, 1.82) is 0 Å². The molecule has 1 heterocycles. The van der Waals surface area contributed by atoms with Crippen molar-refractivity contribution >= 4 is 5.69 Å². The molecule has 2 rings (SSSR count). The summed E-state index contributed by atoms with van der Waals surface area (Å²) in [5.41, 5.74) is 8.51. The van der Waals surface area contributed by atoms with Gasteiger partial charge in [-0.2, -0.15) is 0 Å². The van der Waals surface area contributed by atoms with Crippen molar-refractivity contribution in [1.82, 2.24) is 4.98 Å². The van der Waals surface area contributed by atoms with Crippen LogP contribution in [0, 0.1) is 0 Å². The molecule has 0 fully saturated rings. The maximum atomic E-state index is 5.83. The first-order valence-electron chi connectivity index (χ1n) is 4.66. The summed E-state index contributed by atoms with van der Waals surface area (Å²) >= 11 is 0. The highest BCUT2D eigenvalue weighted by Gasteiger charge is 2.07. The molecular weight excluding hydrogens is 188 g/mol. The fourth-order valence-corrected chi connectivity index (χ4v) is 1.54. The molecule has 2 aromatic rings. The Labute approximate surface area is 88.5 Å². The van der Waals surface area contributed by atoms with E-state index in [0.29, 0.717) is 11.4 Å². The zero-order valence-corrected chi connectivity index (χ0v) is 8.47. The molecule has 0 bridgehead atoms. The third-order valence-electron chi connectivity index (χ3n) is 2.24. The topological polar surface area (TPSA) is 48.1 Å². The van der Waals surface area contributed by atoms with Gasteiger partial charge in [-0.05, 0) is 23.8 Å². The van der Waals surface area contributed by atoms with Gasteiger partial charge in [0.05, 0.1) is 12.8 Å². The highest BCUT2D eigenvalue weighted by molar-refractivity contribution is 5.76. The number of methoxy groups -OCH3 is 1. The monoisotopic (exact) mass is 200 g/mol. The number of nitrogens with zero attached hydrogens (tertiary/aromatic N) is 1. The Morgan fingerprint density at radius 1 is 1.13 bits per heavy atom. The van der Waals surface area contributed by atoms with Gasteiger partial charge in [-0.25, -0.2) is 0 Å². The summed E-state index contributed by atoms with van der Waals surface area (Å²) < 4.78 is 5.29. The normalized spacial score (nSPS) is 9.93. The molecule has 3 nitrogen and oxygen atoms in total. The largest absolute Gasteiger partial charge is 0.494 e. The summed E-state index contributed by atoms with van der Waals surface area (Å²) in [5.74, 6) is 0.712. The van der Waals surface area contributed by atoms with Gasteiger partial charge in [-0.3, -0.25) is 4.98 Å². The van der Waals surface area contributed by atoms with Gasteiger partial charge >= 0.3 is 0 Å². The molecule has 0 aliphatic carbocycles. The molecular formula is C12H12N2O. The van der Waals surface area contributed by atoms with E-state index in [1.54, 1.807) is 19.5 Å². The van der Waals surface area contributed by atoms with Gasteiger partial charge < -0.3 is 10.5 Å². The van der Waals surface area contributed by atoms with Gasteiger partial charge in [-0.15, -0.1) is 0 Å². The Morgan fingerprint density at radius 2 is 1.87 bits per heavy atom. The lowest BCUT2D eigenvalue weighted by Crippen LogP contribution is -1.94. The molecule has 0 atom stereocenters. The third kappa shape index (κ3) is 1.76. The molecule has 15 heavy (non-hydrogen) atoms. The molecule has 3 heteroatoms. The number of hydrogen-bond donors (Lipinski definition) is 1. The smallest absolute Gasteiger partial charge is 0.149 e. The predicted molar refractivity (Wildman–Crippen MR) is 60.6 cm³/mol. The highest BCUT2D eigenvalue weighted by atomic mass is 16.5. The van der Waals surface area contributed by atoms with Crippen molar-refractivity contribution in [3.63, 3.8) is 0 Å². The number of pyridine rings is 1. The summed E-state index contributed by atoms with van der Waals surface area (Å²) in [6, 6.07) is 9.57. The van der Waals surface area contributed by atoms with Crippen molar-refractivity contribution in [2.45, 2.75) is 0 Å². The maximum Gasteiger partial charge on any atom is 0.149 e. The van der Waals surface area contributed by atoms with Gasteiger partial charge in [0.25, 0.3) is 0 Å². The number of ether oxygens (including phenoxy) is 1. The standard InChI is InChI=1S/C12H12N2O/c1-15-12-10(3-2-4-11(12)13)9-5-7-14-8-6-9/h2-8H,13H2,1H3. The van der Waals surface area contributed by atoms with Gasteiger partial charge in [-0.1, -0.05) is 12.1 Å². The average molecular weight is 200 g/mol. The van der Waals surface area contributed by atoms with Gasteiger partial charge in [0.2, 0.25) is 0 Å². The van der Waals surface area contributed by atoms with Crippen molar-refractivity contribution in [3.05, 3.63) is 42.7 Å². The summed E-state index contributed by atoms with van der Waals surface area (Å²) in [7, 11) is 1.62. The van der Waals surface area contributed by atoms with Crippen LogP contribution >= 0.6 is 0 Å². The molecule has 0 spiro atoms. The van der Waals surface area contributed by atoms with Crippen molar-refractivity contribution in [3.8, 4) is 16.9 Å². The van der Waals surface area contributed by atoms with E-state index in [9.17, 15) is 0 Å². The Hall–Kier alpha value is -2.03. The Morgan fingerprint density at radius 3 is 2.53 bits per heavy atom. The molecule has 0 saturated heterocycles. The molecule has 1 aromatic heterocycles. The summed E-state index contributed by atoms with van der Waals surface area (Å²) in [6.07, 6.45) is 3.50. The molecule has 0 aliphatic rings. The minimum absolute atomic E-state index is 0.645. The molecule has 0 radical (unpaired) electrons. The molecule has 76 valence electrons. The number of nitrogens with two attached hydrogens (primary N) is 1. The van der Waals surface area contributed by atoms with Gasteiger partial charge in [0.15, 0.2) is 0 Å². The van der Waals surface area contributed by atoms with Crippen molar-refractivity contribution in [2.75, 3.05) is 12.8 Å². The molecule has 0 saturated carbocycles. The van der Waals surface area contributed by atoms with Crippen LogP contribution in [-0.4, -0.2) is 12.1 Å². The Balaban J connectivity index is 2.58. The number of nitrogen functional groups attached to an aromatic ring is 1. The van der Waals surface area contributed by atoms with E-state index in [0.717, 1.165) is 11.1 Å². The molecule has 0 aliphatic heterocycles. The first kappa shape index (κ1) is 9.52. The molecule has 1 aromatic carbocycles. The van der Waals surface area contributed by atoms with Crippen molar-refractivity contribution in [2.24, 2.45) is 0 Å². The van der Waals surface area contributed by atoms with Gasteiger partial charge in [0, 0.05) is 18.0 Å². The zero-order chi connectivity index (χ0) is 10.7. The lowest BCUT2D eigenvalue weighted by molar-refractivity contribution is 0.418.